The standard InChI is InChI=1S/C26H28N4.C10H21NO4.C2H6/c1-6-18-10-20-11-19-7-14(2)21(27-19)12-22-15(3)8-24(29-22)17(5)25-9-16(4)23(30-25)13-26(18)28-20;1-3-10(13)11(2)4-6-14-8-9-15-7-5-12;1-2/h7,9-13,15,27-28H,6,8H2,1-5H3;12H,3-9H2,1-2H3;1-2H3. The van der Waals surface area contributed by atoms with Crippen LogP contribution in [-0.4, -0.2) is 82.5 Å². The number of amides is 1. The van der Waals surface area contributed by atoms with Crippen molar-refractivity contribution in [2.45, 2.75) is 80.6 Å². The highest BCUT2D eigenvalue weighted by Gasteiger charge is 2.19. The van der Waals surface area contributed by atoms with Gasteiger partial charge in [-0.15, -0.1) is 0 Å². The first-order chi connectivity index (χ1) is 22.6. The number of aromatic nitrogens is 4. The van der Waals surface area contributed by atoms with E-state index < -0.39 is 0 Å². The molecule has 2 aliphatic heterocycles. The topological polar surface area (TPSA) is 116 Å². The van der Waals surface area contributed by atoms with Crippen LogP contribution in [0.3, 0.4) is 0 Å². The number of aliphatic hydroxyl groups excluding tert-OH is 1. The third kappa shape index (κ3) is 10.3. The Morgan fingerprint density at radius 3 is 2.30 bits per heavy atom. The van der Waals surface area contributed by atoms with Gasteiger partial charge in [0, 0.05) is 59.4 Å². The summed E-state index contributed by atoms with van der Waals surface area (Å²) in [4.78, 5) is 29.9. The lowest BCUT2D eigenvalue weighted by Crippen LogP contribution is -2.29. The first-order valence-corrected chi connectivity index (χ1v) is 17.0. The molecule has 47 heavy (non-hydrogen) atoms. The van der Waals surface area contributed by atoms with Crippen molar-refractivity contribution in [1.82, 2.24) is 24.8 Å². The lowest BCUT2D eigenvalue weighted by Gasteiger charge is -2.15. The van der Waals surface area contributed by atoms with Gasteiger partial charge >= 0.3 is 0 Å². The molecule has 1 unspecified atom stereocenters. The van der Waals surface area contributed by atoms with Crippen LogP contribution in [0.25, 0.3) is 33.7 Å². The molecule has 1 amide bonds. The fraction of sp³-hybridized carbons (Fsp3) is 0.500. The van der Waals surface area contributed by atoms with Gasteiger partial charge in [0.15, 0.2) is 0 Å². The second-order valence-electron chi connectivity index (χ2n) is 11.8. The van der Waals surface area contributed by atoms with Crippen LogP contribution < -0.4 is 0 Å². The predicted molar refractivity (Wildman–Crippen MR) is 194 cm³/mol. The summed E-state index contributed by atoms with van der Waals surface area (Å²) in [5.74, 6) is 0.524. The Morgan fingerprint density at radius 2 is 1.62 bits per heavy atom. The molecular weight excluding hydrogens is 590 g/mol. The van der Waals surface area contributed by atoms with Crippen LogP contribution in [0.5, 0.6) is 0 Å². The normalized spacial score (nSPS) is 13.7. The van der Waals surface area contributed by atoms with Crippen LogP contribution in [0, 0.1) is 13.8 Å². The van der Waals surface area contributed by atoms with Crippen molar-refractivity contribution in [3.8, 4) is 0 Å². The average molecular weight is 646 g/mol. The number of ether oxygens (including phenoxy) is 2. The van der Waals surface area contributed by atoms with Crippen LogP contribution in [0.2, 0.25) is 0 Å². The zero-order chi connectivity index (χ0) is 34.5. The lowest BCUT2D eigenvalue weighted by atomic mass is 10.0. The van der Waals surface area contributed by atoms with E-state index in [0.717, 1.165) is 57.7 Å². The second kappa shape index (κ2) is 18.5. The minimum atomic E-state index is 0.0355. The molecule has 3 aromatic rings. The maximum atomic E-state index is 11.1. The Morgan fingerprint density at radius 1 is 0.936 bits per heavy atom. The molecule has 0 radical (unpaired) electrons. The molecule has 9 nitrogen and oxygen atoms in total. The largest absolute Gasteiger partial charge is 0.394 e. The number of hydrogen-bond donors (Lipinski definition) is 3. The summed E-state index contributed by atoms with van der Waals surface area (Å²) < 4.78 is 10.2. The SMILES string of the molecule is CC.CCC(=O)N(C)CCOCCOCCO.CCc1cc2cc3cc(C)c(cc4nc(c(C)c5nc(cc1[nH]2)C(C)=C5)CC4C)[nH]3. The van der Waals surface area contributed by atoms with Crippen molar-refractivity contribution in [1.29, 1.82) is 0 Å². The number of H-pyrrole nitrogens is 2. The van der Waals surface area contributed by atoms with E-state index in [0.29, 0.717) is 45.3 Å². The fourth-order valence-corrected chi connectivity index (χ4v) is 5.43. The number of carbonyl (C=O) groups excluding carboxylic acids is 1. The fourth-order valence-electron chi connectivity index (χ4n) is 5.43. The molecular formula is C38H55N5O4. The third-order valence-electron chi connectivity index (χ3n) is 8.29. The van der Waals surface area contributed by atoms with E-state index in [4.69, 9.17) is 24.5 Å². The summed E-state index contributed by atoms with van der Waals surface area (Å²) in [7, 11) is 1.76. The molecule has 0 spiro atoms. The number of aliphatic hydroxyl groups is 1. The van der Waals surface area contributed by atoms with Gasteiger partial charge in [-0.1, -0.05) is 34.6 Å². The molecule has 1 atom stereocenters. The highest BCUT2D eigenvalue weighted by Crippen LogP contribution is 2.30. The van der Waals surface area contributed by atoms with Crippen molar-refractivity contribution in [2.75, 3.05) is 46.6 Å². The van der Waals surface area contributed by atoms with Gasteiger partial charge in [-0.3, -0.25) is 9.78 Å². The van der Waals surface area contributed by atoms with Crippen molar-refractivity contribution < 1.29 is 19.4 Å². The maximum Gasteiger partial charge on any atom is 0.222 e. The number of nitrogens with zero attached hydrogens (tertiary/aromatic N) is 3. The number of fused-ring (bicyclic) bond motifs is 8. The monoisotopic (exact) mass is 645 g/mol. The van der Waals surface area contributed by atoms with Crippen molar-refractivity contribution >= 4 is 39.6 Å². The molecule has 0 fully saturated rings. The van der Waals surface area contributed by atoms with Crippen LogP contribution in [0.15, 0.2) is 30.3 Å². The van der Waals surface area contributed by atoms with Gasteiger partial charge in [0.25, 0.3) is 0 Å². The number of likely N-dealkylation sites (N-methyl/N-ethyl adjacent to an activating group) is 1. The van der Waals surface area contributed by atoms with Crippen LogP contribution >= 0.6 is 0 Å². The first-order valence-electron chi connectivity index (χ1n) is 17.0. The third-order valence-corrected chi connectivity index (χ3v) is 8.29. The predicted octanol–water partition coefficient (Wildman–Crippen LogP) is 7.31. The molecule has 9 heteroatoms. The zero-order valence-corrected chi connectivity index (χ0v) is 29.9. The maximum absolute atomic E-state index is 11.1. The van der Waals surface area contributed by atoms with E-state index in [1.54, 1.807) is 11.9 Å². The molecule has 0 saturated carbocycles. The van der Waals surface area contributed by atoms with E-state index >= 15 is 0 Å². The highest BCUT2D eigenvalue weighted by atomic mass is 16.5. The Bertz CT molecular complexity index is 1670. The van der Waals surface area contributed by atoms with Crippen LogP contribution in [-0.2, 0) is 27.1 Å². The number of rotatable bonds is 10. The molecule has 5 rings (SSSR count). The smallest absolute Gasteiger partial charge is 0.222 e. The Hall–Kier alpha value is -3.79. The van der Waals surface area contributed by atoms with Crippen molar-refractivity contribution in [3.05, 3.63) is 69.8 Å². The second-order valence-corrected chi connectivity index (χ2v) is 11.8. The summed E-state index contributed by atoms with van der Waals surface area (Å²) >= 11 is 0. The molecule has 8 bridgehead atoms. The molecule has 0 aliphatic carbocycles. The van der Waals surface area contributed by atoms with Gasteiger partial charge in [0.1, 0.15) is 0 Å². The van der Waals surface area contributed by atoms with Gasteiger partial charge in [0.2, 0.25) is 5.91 Å². The van der Waals surface area contributed by atoms with Gasteiger partial charge in [-0.05, 0) is 92.3 Å². The highest BCUT2D eigenvalue weighted by molar-refractivity contribution is 5.84. The van der Waals surface area contributed by atoms with E-state index in [1.807, 2.05) is 20.8 Å². The Labute approximate surface area is 280 Å². The minimum absolute atomic E-state index is 0.0355. The van der Waals surface area contributed by atoms with E-state index in [1.165, 1.54) is 22.3 Å². The van der Waals surface area contributed by atoms with Gasteiger partial charge in [0.05, 0.1) is 44.4 Å². The summed E-state index contributed by atoms with van der Waals surface area (Å²) in [5.41, 5.74) is 13.7. The van der Waals surface area contributed by atoms with Crippen molar-refractivity contribution in [2.24, 2.45) is 0 Å². The number of aryl methyl sites for hydroxylation is 2. The van der Waals surface area contributed by atoms with E-state index in [-0.39, 0.29) is 12.5 Å². The van der Waals surface area contributed by atoms with E-state index in [2.05, 4.69) is 81.0 Å². The minimum Gasteiger partial charge on any atom is -0.394 e. The van der Waals surface area contributed by atoms with Gasteiger partial charge in [-0.2, -0.15) is 0 Å². The first kappa shape index (κ1) is 37.7. The average Bonchev–Trinajstić information content (AvgIpc) is 3.83. The number of hydrogen-bond acceptors (Lipinski definition) is 6. The van der Waals surface area contributed by atoms with Crippen molar-refractivity contribution in [3.63, 3.8) is 0 Å². The number of allylic oxidation sites excluding steroid dienone is 1. The Kier molecular flexibility index (Phi) is 14.8. The van der Waals surface area contributed by atoms with Gasteiger partial charge in [-0.25, -0.2) is 4.98 Å². The zero-order valence-electron chi connectivity index (χ0n) is 29.9. The molecule has 3 N–H and O–H groups in total. The number of nitrogens with one attached hydrogen (secondary N) is 2. The van der Waals surface area contributed by atoms with E-state index in [9.17, 15) is 4.79 Å². The summed E-state index contributed by atoms with van der Waals surface area (Å²) in [6.45, 7) is 19.2. The molecule has 0 aromatic carbocycles. The van der Waals surface area contributed by atoms with Crippen LogP contribution in [0.1, 0.15) is 93.3 Å². The number of aromatic amines is 2. The van der Waals surface area contributed by atoms with Gasteiger partial charge < -0.3 is 29.4 Å². The Balaban J connectivity index is 0.000000301. The number of carbonyl (C=O) groups is 1. The summed E-state index contributed by atoms with van der Waals surface area (Å²) in [6.07, 6.45) is 4.65. The molecule has 0 saturated heterocycles. The molecule has 5 heterocycles. The summed E-state index contributed by atoms with van der Waals surface area (Å²) in [5, 5.41) is 8.42. The molecule has 2 aliphatic rings. The quantitative estimate of drug-likeness (QED) is 0.199. The molecule has 256 valence electrons. The lowest BCUT2D eigenvalue weighted by molar-refractivity contribution is -0.130. The molecule has 3 aromatic heterocycles. The summed E-state index contributed by atoms with van der Waals surface area (Å²) in [6, 6.07) is 11.0. The van der Waals surface area contributed by atoms with Crippen LogP contribution in [0.4, 0.5) is 0 Å².